The van der Waals surface area contributed by atoms with Gasteiger partial charge in [0.15, 0.2) is 0 Å². The first-order valence-corrected chi connectivity index (χ1v) is 7.51. The third-order valence-corrected chi connectivity index (χ3v) is 3.88. The molecule has 0 aliphatic carbocycles. The van der Waals surface area contributed by atoms with Crippen LogP contribution in [0.4, 0.5) is 0 Å². The van der Waals surface area contributed by atoms with Crippen molar-refractivity contribution in [3.05, 3.63) is 0 Å². The minimum atomic E-state index is -0.219. The fraction of sp³-hybridized carbons (Fsp3) is 0.929. The Bertz CT molecular complexity index is 261. The van der Waals surface area contributed by atoms with E-state index in [1.165, 1.54) is 0 Å². The van der Waals surface area contributed by atoms with Gasteiger partial charge >= 0.3 is 0 Å². The maximum Gasteiger partial charge on any atom is 0.236 e. The van der Waals surface area contributed by atoms with E-state index in [0.29, 0.717) is 6.54 Å². The lowest BCUT2D eigenvalue weighted by molar-refractivity contribution is -0.132. The number of aliphatic hydroxyl groups is 1. The van der Waals surface area contributed by atoms with Crippen LogP contribution in [-0.2, 0) is 4.79 Å². The second-order valence-electron chi connectivity index (χ2n) is 5.20. The summed E-state index contributed by atoms with van der Waals surface area (Å²) in [5, 5.41) is 9.64. The van der Waals surface area contributed by atoms with Crippen molar-refractivity contribution >= 4 is 5.91 Å². The average molecular weight is 271 g/mol. The number of amides is 1. The van der Waals surface area contributed by atoms with E-state index < -0.39 is 0 Å². The fourth-order valence-corrected chi connectivity index (χ4v) is 2.42. The number of hydrogen-bond donors (Lipinski definition) is 1. The molecule has 1 saturated heterocycles. The van der Waals surface area contributed by atoms with E-state index in [-0.39, 0.29) is 12.0 Å². The Hall–Kier alpha value is -0.650. The first-order chi connectivity index (χ1) is 9.10. The van der Waals surface area contributed by atoms with Crippen LogP contribution in [0, 0.1) is 0 Å². The number of hydrogen-bond acceptors (Lipinski definition) is 4. The lowest BCUT2D eigenvalue weighted by atomic mass is 10.2. The molecule has 1 aliphatic rings. The summed E-state index contributed by atoms with van der Waals surface area (Å²) < 4.78 is 0. The van der Waals surface area contributed by atoms with Gasteiger partial charge in [0, 0.05) is 45.8 Å². The van der Waals surface area contributed by atoms with Gasteiger partial charge in [0.05, 0.1) is 12.6 Å². The quantitative estimate of drug-likeness (QED) is 0.721. The Morgan fingerprint density at radius 3 is 2.11 bits per heavy atom. The SMILES string of the molecule is CC[C@@H](O)CN1CCN(CC(=O)N(CC)CC)CC1. The maximum atomic E-state index is 12.0. The van der Waals surface area contributed by atoms with E-state index in [4.69, 9.17) is 0 Å². The van der Waals surface area contributed by atoms with Gasteiger partial charge in [0.2, 0.25) is 5.91 Å². The number of likely N-dealkylation sites (N-methyl/N-ethyl adjacent to an activating group) is 1. The number of piperazine rings is 1. The third kappa shape index (κ3) is 5.47. The summed E-state index contributed by atoms with van der Waals surface area (Å²) in [6, 6.07) is 0. The highest BCUT2D eigenvalue weighted by atomic mass is 16.3. The van der Waals surface area contributed by atoms with E-state index in [1.807, 2.05) is 25.7 Å². The van der Waals surface area contributed by atoms with Crippen molar-refractivity contribution in [1.29, 1.82) is 0 Å². The smallest absolute Gasteiger partial charge is 0.236 e. The number of nitrogens with zero attached hydrogens (tertiary/aromatic N) is 3. The van der Waals surface area contributed by atoms with Crippen LogP contribution in [0.3, 0.4) is 0 Å². The van der Waals surface area contributed by atoms with E-state index in [0.717, 1.165) is 52.2 Å². The molecule has 0 unspecified atom stereocenters. The average Bonchev–Trinajstić information content (AvgIpc) is 2.42. The lowest BCUT2D eigenvalue weighted by Gasteiger charge is -2.35. The molecule has 1 fully saturated rings. The standard InChI is InChI=1S/C14H29N3O2/c1-4-13(18)11-15-7-9-16(10-8-15)12-14(19)17(5-2)6-3/h13,18H,4-12H2,1-3H3/t13-/m1/s1. The Balaban J connectivity index is 2.28. The van der Waals surface area contributed by atoms with Gasteiger partial charge in [-0.25, -0.2) is 0 Å². The Morgan fingerprint density at radius 1 is 1.11 bits per heavy atom. The predicted molar refractivity (Wildman–Crippen MR) is 77.1 cm³/mol. The van der Waals surface area contributed by atoms with Crippen LogP contribution in [0.2, 0.25) is 0 Å². The molecule has 1 aliphatic heterocycles. The van der Waals surface area contributed by atoms with Crippen LogP contribution in [0.15, 0.2) is 0 Å². The zero-order valence-electron chi connectivity index (χ0n) is 12.6. The second-order valence-corrected chi connectivity index (χ2v) is 5.20. The van der Waals surface area contributed by atoms with Crippen molar-refractivity contribution in [2.45, 2.75) is 33.3 Å². The normalized spacial score (nSPS) is 19.4. The Morgan fingerprint density at radius 2 is 1.63 bits per heavy atom. The highest BCUT2D eigenvalue weighted by Gasteiger charge is 2.21. The molecule has 1 rings (SSSR count). The Labute approximate surface area is 117 Å². The topological polar surface area (TPSA) is 47.0 Å². The first kappa shape index (κ1) is 16.4. The highest BCUT2D eigenvalue weighted by Crippen LogP contribution is 2.05. The van der Waals surface area contributed by atoms with Crippen molar-refractivity contribution in [3.8, 4) is 0 Å². The molecule has 1 N–H and O–H groups in total. The molecule has 0 aromatic heterocycles. The summed E-state index contributed by atoms with van der Waals surface area (Å²) in [6.45, 7) is 12.6. The molecular formula is C14H29N3O2. The number of aliphatic hydroxyl groups excluding tert-OH is 1. The number of carbonyl (C=O) groups excluding carboxylic acids is 1. The summed E-state index contributed by atoms with van der Waals surface area (Å²) >= 11 is 0. The summed E-state index contributed by atoms with van der Waals surface area (Å²) in [4.78, 5) is 18.4. The predicted octanol–water partition coefficient (Wildman–Crippen LogP) is 0.243. The molecule has 0 saturated carbocycles. The largest absolute Gasteiger partial charge is 0.392 e. The van der Waals surface area contributed by atoms with Crippen LogP contribution < -0.4 is 0 Å². The molecule has 112 valence electrons. The molecule has 5 heteroatoms. The molecule has 0 bridgehead atoms. The van der Waals surface area contributed by atoms with Gasteiger partial charge in [-0.15, -0.1) is 0 Å². The number of carbonyl (C=O) groups is 1. The molecule has 19 heavy (non-hydrogen) atoms. The number of β-amino-alcohol motifs (C(OH)–C–C–N with tert-alkyl or cyclic N) is 1. The van der Waals surface area contributed by atoms with Crippen LogP contribution in [0.5, 0.6) is 0 Å². The third-order valence-electron chi connectivity index (χ3n) is 3.88. The van der Waals surface area contributed by atoms with Gasteiger partial charge in [-0.05, 0) is 20.3 Å². The molecule has 0 radical (unpaired) electrons. The molecule has 1 amide bonds. The van der Waals surface area contributed by atoms with Crippen LogP contribution in [-0.4, -0.2) is 84.2 Å². The monoisotopic (exact) mass is 271 g/mol. The van der Waals surface area contributed by atoms with E-state index in [2.05, 4.69) is 9.80 Å². The molecule has 0 aromatic rings. The van der Waals surface area contributed by atoms with Crippen molar-refractivity contribution in [2.24, 2.45) is 0 Å². The molecule has 0 spiro atoms. The van der Waals surface area contributed by atoms with Crippen LogP contribution in [0.1, 0.15) is 27.2 Å². The maximum absolute atomic E-state index is 12.0. The zero-order chi connectivity index (χ0) is 14.3. The number of rotatable bonds is 7. The highest BCUT2D eigenvalue weighted by molar-refractivity contribution is 5.78. The minimum Gasteiger partial charge on any atom is -0.392 e. The summed E-state index contributed by atoms with van der Waals surface area (Å²) in [5.41, 5.74) is 0. The fourth-order valence-electron chi connectivity index (χ4n) is 2.42. The van der Waals surface area contributed by atoms with E-state index in [9.17, 15) is 9.90 Å². The van der Waals surface area contributed by atoms with Gasteiger partial charge in [0.25, 0.3) is 0 Å². The van der Waals surface area contributed by atoms with Crippen molar-refractivity contribution in [3.63, 3.8) is 0 Å². The van der Waals surface area contributed by atoms with Crippen molar-refractivity contribution < 1.29 is 9.90 Å². The summed E-state index contributed by atoms with van der Waals surface area (Å²) in [7, 11) is 0. The molecular weight excluding hydrogens is 242 g/mol. The van der Waals surface area contributed by atoms with Crippen LogP contribution >= 0.6 is 0 Å². The zero-order valence-corrected chi connectivity index (χ0v) is 12.6. The van der Waals surface area contributed by atoms with E-state index in [1.54, 1.807) is 0 Å². The van der Waals surface area contributed by atoms with Gasteiger partial charge in [0.1, 0.15) is 0 Å². The molecule has 1 heterocycles. The van der Waals surface area contributed by atoms with Gasteiger partial charge in [-0.3, -0.25) is 14.6 Å². The second kappa shape index (κ2) is 8.51. The molecule has 0 aromatic carbocycles. The van der Waals surface area contributed by atoms with Gasteiger partial charge in [-0.2, -0.15) is 0 Å². The van der Waals surface area contributed by atoms with Gasteiger partial charge < -0.3 is 10.0 Å². The summed E-state index contributed by atoms with van der Waals surface area (Å²) in [5.74, 6) is 0.229. The van der Waals surface area contributed by atoms with Gasteiger partial charge in [-0.1, -0.05) is 6.92 Å². The summed E-state index contributed by atoms with van der Waals surface area (Å²) in [6.07, 6.45) is 0.588. The van der Waals surface area contributed by atoms with Crippen LogP contribution in [0.25, 0.3) is 0 Å². The first-order valence-electron chi connectivity index (χ1n) is 7.51. The van der Waals surface area contributed by atoms with E-state index >= 15 is 0 Å². The minimum absolute atomic E-state index is 0.219. The molecule has 1 atom stereocenters. The van der Waals surface area contributed by atoms with Crippen molar-refractivity contribution in [2.75, 3.05) is 52.4 Å². The Kier molecular flexibility index (Phi) is 7.34. The molecule has 5 nitrogen and oxygen atoms in total. The van der Waals surface area contributed by atoms with Crippen molar-refractivity contribution in [1.82, 2.24) is 14.7 Å². The lowest BCUT2D eigenvalue weighted by Crippen LogP contribution is -2.51.